The van der Waals surface area contributed by atoms with Gasteiger partial charge in [0.15, 0.2) is 0 Å². The minimum absolute atomic E-state index is 0.199. The molecule has 1 spiro atoms. The molecule has 0 radical (unpaired) electrons. The van der Waals surface area contributed by atoms with Gasteiger partial charge in [-0.25, -0.2) is 0 Å². The van der Waals surface area contributed by atoms with Crippen molar-refractivity contribution in [1.29, 1.82) is 0 Å². The molecule has 3 nitrogen and oxygen atoms in total. The minimum atomic E-state index is 0.199. The summed E-state index contributed by atoms with van der Waals surface area (Å²) in [6.07, 6.45) is 3.58. The van der Waals surface area contributed by atoms with Crippen molar-refractivity contribution in [2.75, 3.05) is 26.2 Å². The largest absolute Gasteiger partial charge is 0.339 e. The first-order chi connectivity index (χ1) is 9.19. The Labute approximate surface area is 115 Å². The zero-order valence-electron chi connectivity index (χ0n) is 11.6. The molecule has 0 saturated carbocycles. The van der Waals surface area contributed by atoms with E-state index >= 15 is 0 Å². The quantitative estimate of drug-likeness (QED) is 0.837. The van der Waals surface area contributed by atoms with Gasteiger partial charge in [0.05, 0.1) is 0 Å². The standard InChI is InChI=1S/C16H22N2O/c1-13-3-2-4-14(11-13)15(19)18-9-6-16(7-10-18)5-8-17-12-16/h2-4,11,17H,5-10,12H2,1H3. The number of nitrogens with one attached hydrogen (secondary N) is 1. The Bertz CT molecular complexity index is 467. The van der Waals surface area contributed by atoms with Gasteiger partial charge in [-0.2, -0.15) is 0 Å². The van der Waals surface area contributed by atoms with E-state index in [4.69, 9.17) is 0 Å². The van der Waals surface area contributed by atoms with Crippen LogP contribution in [0.2, 0.25) is 0 Å². The van der Waals surface area contributed by atoms with Gasteiger partial charge in [0.25, 0.3) is 5.91 Å². The van der Waals surface area contributed by atoms with Gasteiger partial charge in [-0.3, -0.25) is 4.79 Å². The maximum atomic E-state index is 12.5. The molecule has 0 aliphatic carbocycles. The monoisotopic (exact) mass is 258 g/mol. The summed E-state index contributed by atoms with van der Waals surface area (Å²) in [5, 5.41) is 3.46. The lowest BCUT2D eigenvalue weighted by Crippen LogP contribution is -2.44. The van der Waals surface area contributed by atoms with Crippen molar-refractivity contribution >= 4 is 5.91 Å². The van der Waals surface area contributed by atoms with E-state index in [2.05, 4.69) is 5.32 Å². The molecule has 0 atom stereocenters. The normalized spacial score (nSPS) is 21.8. The Balaban J connectivity index is 1.66. The smallest absolute Gasteiger partial charge is 0.253 e. The molecule has 102 valence electrons. The van der Waals surface area contributed by atoms with Crippen LogP contribution in [0.1, 0.15) is 35.2 Å². The number of carbonyl (C=O) groups excluding carboxylic acids is 1. The number of carbonyl (C=O) groups is 1. The third kappa shape index (κ3) is 2.52. The minimum Gasteiger partial charge on any atom is -0.339 e. The van der Waals surface area contributed by atoms with Crippen LogP contribution in [-0.2, 0) is 0 Å². The van der Waals surface area contributed by atoms with Gasteiger partial charge >= 0.3 is 0 Å². The first-order valence-electron chi connectivity index (χ1n) is 7.25. The van der Waals surface area contributed by atoms with Gasteiger partial charge in [0, 0.05) is 25.2 Å². The number of hydrogen-bond acceptors (Lipinski definition) is 2. The van der Waals surface area contributed by atoms with E-state index in [9.17, 15) is 4.79 Å². The fourth-order valence-corrected chi connectivity index (χ4v) is 3.37. The maximum absolute atomic E-state index is 12.5. The molecule has 3 heteroatoms. The van der Waals surface area contributed by atoms with Gasteiger partial charge in [0.1, 0.15) is 0 Å². The first-order valence-corrected chi connectivity index (χ1v) is 7.25. The second-order valence-corrected chi connectivity index (χ2v) is 6.09. The van der Waals surface area contributed by atoms with Gasteiger partial charge in [-0.1, -0.05) is 17.7 Å². The average Bonchev–Trinajstić information content (AvgIpc) is 2.87. The molecule has 0 bridgehead atoms. The van der Waals surface area contributed by atoms with Crippen LogP contribution in [0.3, 0.4) is 0 Å². The summed E-state index contributed by atoms with van der Waals surface area (Å²) < 4.78 is 0. The number of nitrogens with zero attached hydrogens (tertiary/aromatic N) is 1. The summed E-state index contributed by atoms with van der Waals surface area (Å²) >= 11 is 0. The molecule has 2 saturated heterocycles. The lowest BCUT2D eigenvalue weighted by Gasteiger charge is -2.38. The summed E-state index contributed by atoms with van der Waals surface area (Å²) in [5.74, 6) is 0.199. The van der Waals surface area contributed by atoms with Crippen LogP contribution < -0.4 is 5.32 Å². The zero-order chi connectivity index (χ0) is 13.3. The Morgan fingerprint density at radius 3 is 2.68 bits per heavy atom. The van der Waals surface area contributed by atoms with Crippen molar-refractivity contribution in [2.24, 2.45) is 5.41 Å². The van der Waals surface area contributed by atoms with Crippen LogP contribution in [0.5, 0.6) is 0 Å². The summed E-state index contributed by atoms with van der Waals surface area (Å²) in [4.78, 5) is 14.5. The highest BCUT2D eigenvalue weighted by atomic mass is 16.2. The molecule has 2 aliphatic heterocycles. The van der Waals surface area contributed by atoms with Crippen LogP contribution in [0, 0.1) is 12.3 Å². The number of hydrogen-bond donors (Lipinski definition) is 1. The Morgan fingerprint density at radius 1 is 1.26 bits per heavy atom. The second-order valence-electron chi connectivity index (χ2n) is 6.09. The molecule has 0 aromatic heterocycles. The van der Waals surface area contributed by atoms with Crippen LogP contribution in [-0.4, -0.2) is 37.0 Å². The topological polar surface area (TPSA) is 32.3 Å². The molecule has 0 unspecified atom stereocenters. The molecule has 1 N–H and O–H groups in total. The van der Waals surface area contributed by atoms with E-state index in [1.165, 1.54) is 6.42 Å². The van der Waals surface area contributed by atoms with E-state index < -0.39 is 0 Å². The highest BCUT2D eigenvalue weighted by Crippen LogP contribution is 2.37. The second kappa shape index (κ2) is 4.97. The van der Waals surface area contributed by atoms with E-state index in [0.717, 1.165) is 50.1 Å². The SMILES string of the molecule is Cc1cccc(C(=O)N2CCC3(CCNC3)CC2)c1. The van der Waals surface area contributed by atoms with E-state index in [0.29, 0.717) is 5.41 Å². The van der Waals surface area contributed by atoms with Gasteiger partial charge in [0.2, 0.25) is 0 Å². The van der Waals surface area contributed by atoms with Crippen molar-refractivity contribution in [3.05, 3.63) is 35.4 Å². The van der Waals surface area contributed by atoms with Crippen molar-refractivity contribution in [3.63, 3.8) is 0 Å². The lowest BCUT2D eigenvalue weighted by atomic mass is 9.78. The maximum Gasteiger partial charge on any atom is 0.253 e. The summed E-state index contributed by atoms with van der Waals surface area (Å²) in [7, 11) is 0. The molecular formula is C16H22N2O. The Kier molecular flexibility index (Phi) is 3.31. The number of amides is 1. The van der Waals surface area contributed by atoms with Crippen molar-refractivity contribution in [2.45, 2.75) is 26.2 Å². The molecule has 2 aliphatic rings. The van der Waals surface area contributed by atoms with Crippen LogP contribution >= 0.6 is 0 Å². The molecule has 1 amide bonds. The van der Waals surface area contributed by atoms with E-state index in [1.807, 2.05) is 36.1 Å². The molecule has 2 fully saturated rings. The van der Waals surface area contributed by atoms with E-state index in [-0.39, 0.29) is 5.91 Å². The number of rotatable bonds is 1. The third-order valence-corrected chi connectivity index (χ3v) is 4.71. The first kappa shape index (κ1) is 12.7. The average molecular weight is 258 g/mol. The molecule has 1 aromatic carbocycles. The Hall–Kier alpha value is -1.35. The number of benzene rings is 1. The van der Waals surface area contributed by atoms with Crippen molar-refractivity contribution < 1.29 is 4.79 Å². The molecule has 3 rings (SSSR count). The zero-order valence-corrected chi connectivity index (χ0v) is 11.6. The highest BCUT2D eigenvalue weighted by Gasteiger charge is 2.38. The third-order valence-electron chi connectivity index (χ3n) is 4.71. The van der Waals surface area contributed by atoms with Crippen molar-refractivity contribution in [1.82, 2.24) is 10.2 Å². The van der Waals surface area contributed by atoms with Gasteiger partial charge in [-0.15, -0.1) is 0 Å². The predicted molar refractivity (Wildman–Crippen MR) is 76.2 cm³/mol. The van der Waals surface area contributed by atoms with Crippen molar-refractivity contribution in [3.8, 4) is 0 Å². The number of aryl methyl sites for hydroxylation is 1. The number of likely N-dealkylation sites (tertiary alicyclic amines) is 1. The summed E-state index contributed by atoms with van der Waals surface area (Å²) in [6.45, 7) is 6.14. The Morgan fingerprint density at radius 2 is 2.05 bits per heavy atom. The fraction of sp³-hybridized carbons (Fsp3) is 0.562. The molecular weight excluding hydrogens is 236 g/mol. The summed E-state index contributed by atoms with van der Waals surface area (Å²) in [6, 6.07) is 7.92. The van der Waals surface area contributed by atoms with Gasteiger partial charge in [-0.05, 0) is 50.3 Å². The van der Waals surface area contributed by atoms with Gasteiger partial charge < -0.3 is 10.2 Å². The number of piperidine rings is 1. The summed E-state index contributed by atoms with van der Waals surface area (Å²) in [5.41, 5.74) is 2.46. The van der Waals surface area contributed by atoms with Crippen LogP contribution in [0.4, 0.5) is 0 Å². The van der Waals surface area contributed by atoms with E-state index in [1.54, 1.807) is 0 Å². The molecule has 19 heavy (non-hydrogen) atoms. The fourth-order valence-electron chi connectivity index (χ4n) is 3.37. The predicted octanol–water partition coefficient (Wildman–Crippen LogP) is 2.21. The lowest BCUT2D eigenvalue weighted by molar-refractivity contribution is 0.0607. The molecule has 2 heterocycles. The van der Waals surface area contributed by atoms with Crippen LogP contribution in [0.25, 0.3) is 0 Å². The highest BCUT2D eigenvalue weighted by molar-refractivity contribution is 5.94. The molecule has 1 aromatic rings. The van der Waals surface area contributed by atoms with Crippen LogP contribution in [0.15, 0.2) is 24.3 Å².